The summed E-state index contributed by atoms with van der Waals surface area (Å²) in [5.74, 6) is 0.564. The van der Waals surface area contributed by atoms with Gasteiger partial charge in [0.05, 0.1) is 10.7 Å². The number of benzene rings is 1. The smallest absolute Gasteiger partial charge is 0.251 e. The summed E-state index contributed by atoms with van der Waals surface area (Å²) in [5, 5.41) is 9.24. The first-order valence-corrected chi connectivity index (χ1v) is 7.62. The lowest BCUT2D eigenvalue weighted by molar-refractivity contribution is 0.0942. The molecule has 0 unspecified atom stereocenters. The molecule has 104 valence electrons. The van der Waals surface area contributed by atoms with E-state index in [1.165, 1.54) is 0 Å². The molecule has 1 aliphatic heterocycles. The number of aryl methyl sites for hydroxylation is 1. The molecule has 0 spiro atoms. The first-order chi connectivity index (χ1) is 9.72. The van der Waals surface area contributed by atoms with Gasteiger partial charge in [0.1, 0.15) is 0 Å². The Bertz CT molecular complexity index is 619. The van der Waals surface area contributed by atoms with Gasteiger partial charge in [-0.3, -0.25) is 4.79 Å². The predicted molar refractivity (Wildman–Crippen MR) is 81.0 cm³/mol. The fourth-order valence-corrected chi connectivity index (χ4v) is 2.77. The molecule has 1 saturated heterocycles. The Balaban J connectivity index is 1.71. The molecule has 4 nitrogen and oxygen atoms in total. The highest BCUT2D eigenvalue weighted by Gasteiger charge is 2.17. The quantitative estimate of drug-likeness (QED) is 0.905. The average molecular weight is 287 g/mol. The first kappa shape index (κ1) is 13.3. The van der Waals surface area contributed by atoms with Crippen LogP contribution in [0.5, 0.6) is 0 Å². The summed E-state index contributed by atoms with van der Waals surface area (Å²) in [6.07, 6.45) is 0. The van der Waals surface area contributed by atoms with E-state index in [2.05, 4.69) is 15.6 Å². The molecule has 0 bridgehead atoms. The largest absolute Gasteiger partial charge is 0.352 e. The SMILES string of the molecule is Cc1nc(-c2cccc(C(=O)NCC3CNC3)c2)cs1. The van der Waals surface area contributed by atoms with Crippen LogP contribution < -0.4 is 10.6 Å². The number of carbonyl (C=O) groups excluding carboxylic acids is 1. The van der Waals surface area contributed by atoms with Gasteiger partial charge in [0.25, 0.3) is 5.91 Å². The van der Waals surface area contributed by atoms with Gasteiger partial charge in [0, 0.05) is 42.1 Å². The van der Waals surface area contributed by atoms with Crippen molar-refractivity contribution in [2.45, 2.75) is 6.92 Å². The van der Waals surface area contributed by atoms with Crippen molar-refractivity contribution in [2.75, 3.05) is 19.6 Å². The molecule has 1 aliphatic rings. The summed E-state index contributed by atoms with van der Waals surface area (Å²) in [6, 6.07) is 7.64. The van der Waals surface area contributed by atoms with E-state index >= 15 is 0 Å². The molecule has 2 aromatic rings. The molecule has 5 heteroatoms. The van der Waals surface area contributed by atoms with E-state index in [4.69, 9.17) is 0 Å². The van der Waals surface area contributed by atoms with Crippen molar-refractivity contribution in [3.8, 4) is 11.3 Å². The number of rotatable bonds is 4. The van der Waals surface area contributed by atoms with Crippen LogP contribution in [0.2, 0.25) is 0 Å². The Morgan fingerprint density at radius 1 is 1.50 bits per heavy atom. The topological polar surface area (TPSA) is 54.0 Å². The van der Waals surface area contributed by atoms with E-state index in [1.807, 2.05) is 36.6 Å². The van der Waals surface area contributed by atoms with Crippen LogP contribution in [0, 0.1) is 12.8 Å². The van der Waals surface area contributed by atoms with E-state index in [0.717, 1.165) is 35.9 Å². The zero-order chi connectivity index (χ0) is 13.9. The zero-order valence-electron chi connectivity index (χ0n) is 11.3. The third kappa shape index (κ3) is 2.89. The summed E-state index contributed by atoms with van der Waals surface area (Å²) >= 11 is 1.62. The lowest BCUT2D eigenvalue weighted by Gasteiger charge is -2.27. The second-order valence-corrected chi connectivity index (χ2v) is 6.13. The molecular formula is C15H17N3OS. The van der Waals surface area contributed by atoms with Crippen molar-refractivity contribution in [2.24, 2.45) is 5.92 Å². The first-order valence-electron chi connectivity index (χ1n) is 6.74. The molecule has 0 radical (unpaired) electrons. The number of hydrogen-bond acceptors (Lipinski definition) is 4. The Kier molecular flexibility index (Phi) is 3.80. The van der Waals surface area contributed by atoms with E-state index in [0.29, 0.717) is 11.5 Å². The molecular weight excluding hydrogens is 270 g/mol. The lowest BCUT2D eigenvalue weighted by atomic mass is 10.0. The molecule has 3 rings (SSSR count). The van der Waals surface area contributed by atoms with Crippen LogP contribution in [0.4, 0.5) is 0 Å². The molecule has 0 atom stereocenters. The summed E-state index contributed by atoms with van der Waals surface area (Å²) < 4.78 is 0. The molecule has 1 aromatic heterocycles. The van der Waals surface area contributed by atoms with Gasteiger partial charge < -0.3 is 10.6 Å². The van der Waals surface area contributed by atoms with Gasteiger partial charge >= 0.3 is 0 Å². The number of nitrogens with one attached hydrogen (secondary N) is 2. The van der Waals surface area contributed by atoms with E-state index in [9.17, 15) is 4.79 Å². The van der Waals surface area contributed by atoms with E-state index < -0.39 is 0 Å². The third-order valence-electron chi connectivity index (χ3n) is 3.46. The number of carbonyl (C=O) groups is 1. The molecule has 20 heavy (non-hydrogen) atoms. The molecule has 1 aromatic carbocycles. The van der Waals surface area contributed by atoms with Crippen LogP contribution in [-0.2, 0) is 0 Å². The zero-order valence-corrected chi connectivity index (χ0v) is 12.2. The lowest BCUT2D eigenvalue weighted by Crippen LogP contribution is -2.48. The summed E-state index contributed by atoms with van der Waals surface area (Å²) in [6.45, 7) is 4.72. The number of nitrogens with zero attached hydrogens (tertiary/aromatic N) is 1. The molecule has 1 amide bonds. The fraction of sp³-hybridized carbons (Fsp3) is 0.333. The highest BCUT2D eigenvalue weighted by molar-refractivity contribution is 7.09. The molecule has 0 aliphatic carbocycles. The maximum atomic E-state index is 12.1. The summed E-state index contributed by atoms with van der Waals surface area (Å²) in [5.41, 5.74) is 2.62. The summed E-state index contributed by atoms with van der Waals surface area (Å²) in [7, 11) is 0. The van der Waals surface area contributed by atoms with Crippen LogP contribution in [0.15, 0.2) is 29.6 Å². The van der Waals surface area contributed by atoms with Crippen molar-refractivity contribution in [3.05, 3.63) is 40.2 Å². The van der Waals surface area contributed by atoms with Crippen LogP contribution >= 0.6 is 11.3 Å². The van der Waals surface area contributed by atoms with Crippen LogP contribution in [-0.4, -0.2) is 30.5 Å². The van der Waals surface area contributed by atoms with Gasteiger partial charge in [-0.2, -0.15) is 0 Å². The van der Waals surface area contributed by atoms with Crippen LogP contribution in [0.1, 0.15) is 15.4 Å². The number of amides is 1. The second-order valence-electron chi connectivity index (χ2n) is 5.07. The van der Waals surface area contributed by atoms with Gasteiger partial charge in [0.15, 0.2) is 0 Å². The summed E-state index contributed by atoms with van der Waals surface area (Å²) in [4.78, 5) is 16.6. The molecule has 0 saturated carbocycles. The van der Waals surface area contributed by atoms with Crippen molar-refractivity contribution in [1.82, 2.24) is 15.6 Å². The van der Waals surface area contributed by atoms with Crippen molar-refractivity contribution >= 4 is 17.2 Å². The van der Waals surface area contributed by atoms with Gasteiger partial charge in [-0.05, 0) is 19.1 Å². The Morgan fingerprint density at radius 3 is 3.00 bits per heavy atom. The van der Waals surface area contributed by atoms with Gasteiger partial charge in [-0.25, -0.2) is 4.98 Å². The highest BCUT2D eigenvalue weighted by atomic mass is 32.1. The van der Waals surface area contributed by atoms with Crippen molar-refractivity contribution in [3.63, 3.8) is 0 Å². The highest BCUT2D eigenvalue weighted by Crippen LogP contribution is 2.22. The molecule has 2 N–H and O–H groups in total. The number of thiazole rings is 1. The average Bonchev–Trinajstić information content (AvgIpc) is 2.84. The van der Waals surface area contributed by atoms with Crippen molar-refractivity contribution < 1.29 is 4.79 Å². The van der Waals surface area contributed by atoms with E-state index in [1.54, 1.807) is 11.3 Å². The standard InChI is InChI=1S/C15H17N3OS/c1-10-18-14(9-20-10)12-3-2-4-13(5-12)15(19)17-8-11-6-16-7-11/h2-5,9,11,16H,6-8H2,1H3,(H,17,19). The maximum Gasteiger partial charge on any atom is 0.251 e. The Morgan fingerprint density at radius 2 is 2.35 bits per heavy atom. The van der Waals surface area contributed by atoms with Crippen LogP contribution in [0.25, 0.3) is 11.3 Å². The minimum atomic E-state index is -0.00861. The van der Waals surface area contributed by atoms with Gasteiger partial charge in [0.2, 0.25) is 0 Å². The Labute approximate surface area is 122 Å². The van der Waals surface area contributed by atoms with Gasteiger partial charge in [-0.15, -0.1) is 11.3 Å². The normalized spacial score (nSPS) is 14.8. The van der Waals surface area contributed by atoms with Crippen LogP contribution in [0.3, 0.4) is 0 Å². The van der Waals surface area contributed by atoms with Gasteiger partial charge in [-0.1, -0.05) is 12.1 Å². The third-order valence-corrected chi connectivity index (χ3v) is 4.23. The maximum absolute atomic E-state index is 12.1. The number of hydrogen-bond donors (Lipinski definition) is 2. The number of aromatic nitrogens is 1. The van der Waals surface area contributed by atoms with E-state index in [-0.39, 0.29) is 5.91 Å². The second kappa shape index (κ2) is 5.73. The monoisotopic (exact) mass is 287 g/mol. The minimum Gasteiger partial charge on any atom is -0.352 e. The molecule has 2 heterocycles. The predicted octanol–water partition coefficient (Wildman–Crippen LogP) is 2.07. The molecule has 1 fully saturated rings. The Hall–Kier alpha value is -1.72. The van der Waals surface area contributed by atoms with Crippen molar-refractivity contribution in [1.29, 1.82) is 0 Å². The minimum absolute atomic E-state index is 0.00861. The fourth-order valence-electron chi connectivity index (χ4n) is 2.15.